The number of H-pyrrole nitrogens is 1. The van der Waals surface area contributed by atoms with E-state index in [0.717, 1.165) is 11.1 Å². The van der Waals surface area contributed by atoms with E-state index in [9.17, 15) is 19.1 Å². The number of hydrogen-bond donors (Lipinski definition) is 2. The second-order valence-corrected chi connectivity index (χ2v) is 13.7. The minimum atomic E-state index is -1.95. The molecule has 0 bridgehead atoms. The normalized spacial score (nSPS) is 12.1. The highest BCUT2D eigenvalue weighted by molar-refractivity contribution is 7.81. The molecule has 14 heteroatoms. The van der Waals surface area contributed by atoms with Gasteiger partial charge in [-0.25, -0.2) is 4.68 Å². The van der Waals surface area contributed by atoms with Crippen molar-refractivity contribution in [1.29, 1.82) is 5.26 Å². The van der Waals surface area contributed by atoms with Crippen molar-refractivity contribution in [2.45, 2.75) is 46.6 Å². The summed E-state index contributed by atoms with van der Waals surface area (Å²) in [7, 11) is 0. The smallest absolute Gasteiger partial charge is 0.316 e. The predicted octanol–water partition coefficient (Wildman–Crippen LogP) is 7.76. The minimum Gasteiger partial charge on any atom is -0.489 e. The van der Waals surface area contributed by atoms with Crippen LogP contribution in [-0.4, -0.2) is 18.7 Å². The molecule has 264 valence electrons. The van der Waals surface area contributed by atoms with Crippen molar-refractivity contribution in [3.63, 3.8) is 0 Å². The standard InChI is InChI=1S/C38H35N7O6S/c1-24-11-20-33(25(2)21-24)45-36(46)31(35(50-45)38(3,4)5)23-49-29-16-14-27(15-17-29)43-52(48)51-30-18-12-26(13-19-30)40-41-34-32(22-39)42-44(37(34)47)28-9-7-6-8-10-28/h6-21,42-43H,23H2,1-5H3. The van der Waals surface area contributed by atoms with Crippen LogP contribution in [0.1, 0.15) is 48.9 Å². The summed E-state index contributed by atoms with van der Waals surface area (Å²) >= 11 is -1.95. The van der Waals surface area contributed by atoms with Gasteiger partial charge < -0.3 is 13.4 Å². The van der Waals surface area contributed by atoms with E-state index in [-0.39, 0.29) is 29.3 Å². The number of benzene rings is 4. The number of nitriles is 1. The Labute approximate surface area is 301 Å². The van der Waals surface area contributed by atoms with Crippen LogP contribution in [0.5, 0.6) is 11.5 Å². The van der Waals surface area contributed by atoms with E-state index in [1.54, 1.807) is 72.8 Å². The van der Waals surface area contributed by atoms with Crippen LogP contribution in [0.2, 0.25) is 0 Å². The van der Waals surface area contributed by atoms with Gasteiger partial charge in [0.1, 0.15) is 24.2 Å². The molecule has 0 saturated heterocycles. The number of anilines is 1. The Morgan fingerprint density at radius 1 is 0.904 bits per heavy atom. The first-order valence-corrected chi connectivity index (χ1v) is 17.2. The lowest BCUT2D eigenvalue weighted by Crippen LogP contribution is -2.20. The summed E-state index contributed by atoms with van der Waals surface area (Å²) in [5.74, 6) is 1.33. The average Bonchev–Trinajstić information content (AvgIpc) is 3.63. The molecule has 6 aromatic rings. The van der Waals surface area contributed by atoms with E-state index in [0.29, 0.717) is 39.8 Å². The van der Waals surface area contributed by atoms with Crippen molar-refractivity contribution < 1.29 is 17.7 Å². The molecular formula is C38H35N7O6S. The van der Waals surface area contributed by atoms with Gasteiger partial charge in [-0.15, -0.1) is 9.85 Å². The lowest BCUT2D eigenvalue weighted by molar-refractivity contribution is 0.265. The van der Waals surface area contributed by atoms with E-state index < -0.39 is 22.2 Å². The van der Waals surface area contributed by atoms with E-state index >= 15 is 0 Å². The number of rotatable bonds is 11. The van der Waals surface area contributed by atoms with E-state index in [4.69, 9.17) is 13.4 Å². The largest absolute Gasteiger partial charge is 0.489 e. The summed E-state index contributed by atoms with van der Waals surface area (Å²) in [5.41, 5.74) is 3.18. The Balaban J connectivity index is 1.06. The Bertz CT molecular complexity index is 2430. The maximum absolute atomic E-state index is 13.5. The fraction of sp³-hybridized carbons (Fsp3) is 0.184. The van der Waals surface area contributed by atoms with Gasteiger partial charge in [0.2, 0.25) is 0 Å². The molecule has 4 aromatic carbocycles. The number of aromatic amines is 1. The zero-order valence-electron chi connectivity index (χ0n) is 29.0. The van der Waals surface area contributed by atoms with Gasteiger partial charge in [-0.2, -0.15) is 14.6 Å². The molecule has 2 N–H and O–H groups in total. The minimum absolute atomic E-state index is 0.000633. The average molecular weight is 718 g/mol. The van der Waals surface area contributed by atoms with Crippen LogP contribution in [0.25, 0.3) is 11.4 Å². The number of aromatic nitrogens is 3. The van der Waals surface area contributed by atoms with Gasteiger partial charge in [0.05, 0.1) is 22.6 Å². The first kappa shape index (κ1) is 35.4. The molecule has 52 heavy (non-hydrogen) atoms. The highest BCUT2D eigenvalue weighted by Gasteiger charge is 2.29. The summed E-state index contributed by atoms with van der Waals surface area (Å²) in [5, 5.41) is 20.3. The van der Waals surface area contributed by atoms with Crippen molar-refractivity contribution >= 4 is 28.3 Å². The molecule has 2 aromatic heterocycles. The third kappa shape index (κ3) is 7.79. The number of hydrogen-bond acceptors (Lipinski definition) is 9. The lowest BCUT2D eigenvalue weighted by Gasteiger charge is -2.16. The zero-order chi connectivity index (χ0) is 37.0. The van der Waals surface area contributed by atoms with Crippen LogP contribution in [0.4, 0.5) is 17.1 Å². The van der Waals surface area contributed by atoms with Gasteiger partial charge in [0.25, 0.3) is 11.1 Å². The number of azo groups is 1. The maximum atomic E-state index is 13.5. The zero-order valence-corrected chi connectivity index (χ0v) is 29.9. The number of nitrogens with one attached hydrogen (secondary N) is 2. The van der Waals surface area contributed by atoms with Crippen molar-refractivity contribution in [1.82, 2.24) is 14.5 Å². The van der Waals surface area contributed by atoms with Crippen LogP contribution >= 0.6 is 0 Å². The Kier molecular flexibility index (Phi) is 10.1. The lowest BCUT2D eigenvalue weighted by atomic mass is 9.91. The highest BCUT2D eigenvalue weighted by Crippen LogP contribution is 2.28. The third-order valence-electron chi connectivity index (χ3n) is 7.86. The molecule has 0 aliphatic rings. The van der Waals surface area contributed by atoms with E-state index in [1.165, 1.54) is 9.42 Å². The Morgan fingerprint density at radius 3 is 2.25 bits per heavy atom. The molecular weight excluding hydrogens is 683 g/mol. The Morgan fingerprint density at radius 2 is 1.60 bits per heavy atom. The van der Waals surface area contributed by atoms with Gasteiger partial charge >= 0.3 is 11.3 Å². The highest BCUT2D eigenvalue weighted by atomic mass is 32.2. The topological polar surface area (TPSA) is 169 Å². The maximum Gasteiger partial charge on any atom is 0.316 e. The first-order chi connectivity index (χ1) is 24.9. The summed E-state index contributed by atoms with van der Waals surface area (Å²) < 4.78 is 35.7. The summed E-state index contributed by atoms with van der Waals surface area (Å²) in [6.07, 6.45) is 0. The number of nitrogens with zero attached hydrogens (tertiary/aromatic N) is 5. The monoisotopic (exact) mass is 717 g/mol. The van der Waals surface area contributed by atoms with Gasteiger partial charge in [-0.1, -0.05) is 56.7 Å². The molecule has 6 rings (SSSR count). The molecule has 0 fully saturated rings. The van der Waals surface area contributed by atoms with Crippen LogP contribution in [0, 0.1) is 25.2 Å². The molecule has 0 spiro atoms. The number of aryl methyl sites for hydroxylation is 2. The fourth-order valence-corrected chi connectivity index (χ4v) is 5.99. The van der Waals surface area contributed by atoms with Crippen LogP contribution in [0.15, 0.2) is 121 Å². The molecule has 0 saturated carbocycles. The summed E-state index contributed by atoms with van der Waals surface area (Å²) in [4.78, 5) is 26.4. The summed E-state index contributed by atoms with van der Waals surface area (Å²) in [6, 6.07) is 29.5. The second-order valence-electron chi connectivity index (χ2n) is 12.9. The SMILES string of the molecule is Cc1ccc(-n2oc(C(C)(C)C)c(COc3ccc(NS(=O)Oc4ccc(N=Nc5c(C#N)[nH]n(-c6ccccc6)c5=O)cc4)cc3)c2=O)c(C)c1. The van der Waals surface area contributed by atoms with Crippen LogP contribution in [0.3, 0.4) is 0 Å². The third-order valence-corrected chi connectivity index (χ3v) is 8.60. The summed E-state index contributed by atoms with van der Waals surface area (Å²) in [6.45, 7) is 9.87. The molecule has 0 amide bonds. The van der Waals surface area contributed by atoms with E-state index in [1.807, 2.05) is 65.0 Å². The van der Waals surface area contributed by atoms with E-state index in [2.05, 4.69) is 20.0 Å². The fourth-order valence-electron chi connectivity index (χ4n) is 5.33. The van der Waals surface area contributed by atoms with Crippen LogP contribution < -0.4 is 24.8 Å². The quantitative estimate of drug-likeness (QED) is 0.129. The number of para-hydroxylation sites is 1. The Hall–Kier alpha value is -6.46. The molecule has 0 radical (unpaired) electrons. The predicted molar refractivity (Wildman–Crippen MR) is 197 cm³/mol. The van der Waals surface area contributed by atoms with Gasteiger partial charge in [0.15, 0.2) is 17.1 Å². The van der Waals surface area contributed by atoms with Crippen molar-refractivity contribution in [2.75, 3.05) is 4.72 Å². The van der Waals surface area contributed by atoms with Crippen molar-refractivity contribution in [3.05, 3.63) is 146 Å². The van der Waals surface area contributed by atoms with Gasteiger partial charge in [0, 0.05) is 11.1 Å². The molecule has 0 aliphatic carbocycles. The van der Waals surface area contributed by atoms with Crippen LogP contribution in [-0.2, 0) is 23.3 Å². The first-order valence-electron chi connectivity index (χ1n) is 16.2. The van der Waals surface area contributed by atoms with Crippen molar-refractivity contribution in [2.24, 2.45) is 10.2 Å². The molecule has 1 unspecified atom stereocenters. The molecule has 13 nitrogen and oxygen atoms in total. The molecule has 0 aliphatic heterocycles. The molecule has 2 heterocycles. The van der Waals surface area contributed by atoms with Crippen molar-refractivity contribution in [3.8, 4) is 28.9 Å². The second kappa shape index (κ2) is 14.8. The van der Waals surface area contributed by atoms with Gasteiger partial charge in [-0.3, -0.25) is 19.4 Å². The number of ether oxygens (including phenoxy) is 1. The van der Waals surface area contributed by atoms with Gasteiger partial charge in [-0.05, 0) is 86.1 Å². The molecule has 1 atom stereocenters.